The Bertz CT molecular complexity index is 3920. The van der Waals surface area contributed by atoms with Crippen molar-refractivity contribution in [2.45, 2.75) is 0 Å². The Balaban J connectivity index is 0.897. The van der Waals surface area contributed by atoms with Crippen LogP contribution in [0.2, 0.25) is 0 Å². The molecule has 0 fully saturated rings. The van der Waals surface area contributed by atoms with Crippen LogP contribution in [-0.4, -0.2) is 9.13 Å². The number of para-hydroxylation sites is 2. The van der Waals surface area contributed by atoms with Crippen molar-refractivity contribution < 1.29 is 0 Å². The van der Waals surface area contributed by atoms with Gasteiger partial charge in [0.15, 0.2) is 0 Å². The summed E-state index contributed by atoms with van der Waals surface area (Å²) in [6.45, 7) is 0. The van der Waals surface area contributed by atoms with Gasteiger partial charge < -0.3 is 9.13 Å². The summed E-state index contributed by atoms with van der Waals surface area (Å²) >= 11 is 1.86. The quantitative estimate of drug-likeness (QED) is 0.158. The van der Waals surface area contributed by atoms with E-state index in [1.807, 2.05) is 11.3 Å². The Morgan fingerprint density at radius 2 is 0.619 bits per heavy atom. The van der Waals surface area contributed by atoms with Crippen molar-refractivity contribution in [2.75, 3.05) is 0 Å². The molecule has 294 valence electrons. The molecule has 0 spiro atoms. The average Bonchev–Trinajstić information content (AvgIpc) is 4.01. The van der Waals surface area contributed by atoms with E-state index in [4.69, 9.17) is 0 Å². The Morgan fingerprint density at radius 1 is 0.222 bits per heavy atom. The summed E-state index contributed by atoms with van der Waals surface area (Å²) in [6.07, 6.45) is 0. The zero-order chi connectivity index (χ0) is 41.4. The molecule has 0 amide bonds. The maximum absolute atomic E-state index is 2.44. The molecule has 13 rings (SSSR count). The van der Waals surface area contributed by atoms with Crippen LogP contribution in [0.15, 0.2) is 231 Å². The van der Waals surface area contributed by atoms with Crippen molar-refractivity contribution in [3.05, 3.63) is 231 Å². The van der Waals surface area contributed by atoms with Crippen LogP contribution in [0, 0.1) is 0 Å². The van der Waals surface area contributed by atoms with Crippen LogP contribution in [0.1, 0.15) is 0 Å². The van der Waals surface area contributed by atoms with Crippen LogP contribution in [-0.2, 0) is 0 Å². The molecule has 0 saturated carbocycles. The summed E-state index contributed by atoms with van der Waals surface area (Å²) in [4.78, 5) is 0. The van der Waals surface area contributed by atoms with Crippen LogP contribution in [0.25, 0.3) is 120 Å². The van der Waals surface area contributed by atoms with Crippen LogP contribution < -0.4 is 0 Å². The summed E-state index contributed by atoms with van der Waals surface area (Å²) < 4.78 is 7.52. The van der Waals surface area contributed by atoms with Crippen molar-refractivity contribution in [3.8, 4) is 55.9 Å². The van der Waals surface area contributed by atoms with Gasteiger partial charge in [-0.1, -0.05) is 146 Å². The Labute approximate surface area is 368 Å². The van der Waals surface area contributed by atoms with Crippen LogP contribution in [0.3, 0.4) is 0 Å². The van der Waals surface area contributed by atoms with E-state index in [9.17, 15) is 0 Å². The number of rotatable bonds is 6. The highest BCUT2D eigenvalue weighted by Gasteiger charge is 2.18. The molecule has 0 aliphatic carbocycles. The third kappa shape index (κ3) is 5.85. The average molecular weight is 819 g/mol. The lowest BCUT2D eigenvalue weighted by atomic mass is 9.94. The molecular weight excluding hydrogens is 781 g/mol. The maximum Gasteiger partial charge on any atom is 0.0542 e. The normalized spacial score (nSPS) is 11.8. The molecule has 0 aliphatic rings. The number of nitrogens with zero attached hydrogens (tertiary/aromatic N) is 2. The molecule has 2 nitrogen and oxygen atoms in total. The van der Waals surface area contributed by atoms with Crippen LogP contribution in [0.4, 0.5) is 0 Å². The fourth-order valence-corrected chi connectivity index (χ4v) is 11.0. The molecule has 13 aromatic rings. The van der Waals surface area contributed by atoms with E-state index in [1.54, 1.807) is 0 Å². The molecule has 3 heteroatoms. The highest BCUT2D eigenvalue weighted by atomic mass is 32.1. The van der Waals surface area contributed by atoms with Gasteiger partial charge in [0, 0.05) is 53.1 Å². The van der Waals surface area contributed by atoms with E-state index >= 15 is 0 Å². The summed E-state index contributed by atoms with van der Waals surface area (Å²) in [5.41, 5.74) is 16.8. The molecule has 0 bridgehead atoms. The Kier molecular flexibility index (Phi) is 8.12. The Morgan fingerprint density at radius 3 is 1.22 bits per heavy atom. The first kappa shape index (κ1) is 35.7. The molecule has 0 unspecified atom stereocenters. The standard InChI is InChI=1S/C60H38N2S/c1-2-13-39(14-3-1)40-15-10-16-41(33-40)42-17-11-18-43(34-42)44-19-12-20-45(35-44)46-27-30-57-52(36-46)49-21-4-7-24-55(49)61(57)47-28-31-58-53(37-47)50-22-5-8-25-56(50)62(58)48-29-32-60-54(38-48)51-23-6-9-26-59(51)63-60/h1-38H. The minimum atomic E-state index is 1.15. The first-order valence-electron chi connectivity index (χ1n) is 21.6. The van der Waals surface area contributed by atoms with E-state index in [-0.39, 0.29) is 0 Å². The molecular formula is C60H38N2S. The molecule has 0 N–H and O–H groups in total. The van der Waals surface area contributed by atoms with Crippen molar-refractivity contribution in [1.29, 1.82) is 0 Å². The number of aromatic nitrogens is 2. The van der Waals surface area contributed by atoms with Gasteiger partial charge in [0.25, 0.3) is 0 Å². The fraction of sp³-hybridized carbons (Fsp3) is 0. The third-order valence-electron chi connectivity index (χ3n) is 12.9. The molecule has 3 aromatic heterocycles. The first-order chi connectivity index (χ1) is 31.2. The van der Waals surface area contributed by atoms with Crippen molar-refractivity contribution in [3.63, 3.8) is 0 Å². The second-order valence-corrected chi connectivity index (χ2v) is 17.6. The minimum absolute atomic E-state index is 1.15. The van der Waals surface area contributed by atoms with Gasteiger partial charge in [-0.15, -0.1) is 11.3 Å². The van der Waals surface area contributed by atoms with Gasteiger partial charge in [-0.25, -0.2) is 0 Å². The first-order valence-corrected chi connectivity index (χ1v) is 22.4. The van der Waals surface area contributed by atoms with Gasteiger partial charge in [-0.05, 0) is 129 Å². The van der Waals surface area contributed by atoms with Crippen molar-refractivity contribution in [1.82, 2.24) is 9.13 Å². The summed E-state index contributed by atoms with van der Waals surface area (Å²) in [5.74, 6) is 0. The maximum atomic E-state index is 2.44. The number of thiophene rings is 1. The van der Waals surface area contributed by atoms with Crippen molar-refractivity contribution >= 4 is 75.1 Å². The van der Waals surface area contributed by atoms with E-state index in [1.165, 1.54) is 114 Å². The van der Waals surface area contributed by atoms with E-state index < -0.39 is 0 Å². The predicted molar refractivity (Wildman–Crippen MR) is 270 cm³/mol. The summed E-state index contributed by atoms with van der Waals surface area (Å²) in [6, 6.07) is 84.7. The molecule has 63 heavy (non-hydrogen) atoms. The largest absolute Gasteiger partial charge is 0.309 e. The van der Waals surface area contributed by atoms with E-state index in [0.29, 0.717) is 0 Å². The molecule has 0 atom stereocenters. The minimum Gasteiger partial charge on any atom is -0.309 e. The monoisotopic (exact) mass is 818 g/mol. The number of benzene rings is 10. The fourth-order valence-electron chi connectivity index (χ4n) is 9.93. The lowest BCUT2D eigenvalue weighted by Crippen LogP contribution is -1.95. The number of hydrogen-bond donors (Lipinski definition) is 0. The second-order valence-electron chi connectivity index (χ2n) is 16.5. The molecule has 0 radical (unpaired) electrons. The Hall–Kier alpha value is -7.98. The van der Waals surface area contributed by atoms with Gasteiger partial charge in [-0.3, -0.25) is 0 Å². The third-order valence-corrected chi connectivity index (χ3v) is 14.1. The van der Waals surface area contributed by atoms with E-state index in [2.05, 4.69) is 240 Å². The zero-order valence-electron chi connectivity index (χ0n) is 34.2. The molecule has 10 aromatic carbocycles. The van der Waals surface area contributed by atoms with Gasteiger partial charge in [-0.2, -0.15) is 0 Å². The SMILES string of the molecule is c1ccc(-c2cccc(-c3cccc(-c4cccc(-c5ccc6c(c5)c5ccccc5n6-c5ccc6c(c5)c5ccccc5n6-c5ccc6sc7ccccc7c6c5)c4)c3)c2)cc1. The lowest BCUT2D eigenvalue weighted by molar-refractivity contribution is 1.17. The molecule has 0 aliphatic heterocycles. The summed E-state index contributed by atoms with van der Waals surface area (Å²) in [5, 5.41) is 7.60. The van der Waals surface area contributed by atoms with Crippen LogP contribution >= 0.6 is 11.3 Å². The lowest BCUT2D eigenvalue weighted by Gasteiger charge is -2.11. The zero-order valence-corrected chi connectivity index (χ0v) is 35.1. The molecule has 3 heterocycles. The van der Waals surface area contributed by atoms with Gasteiger partial charge in [0.2, 0.25) is 0 Å². The van der Waals surface area contributed by atoms with Crippen LogP contribution in [0.5, 0.6) is 0 Å². The van der Waals surface area contributed by atoms with Gasteiger partial charge in [0.05, 0.1) is 22.1 Å². The topological polar surface area (TPSA) is 9.86 Å². The highest BCUT2D eigenvalue weighted by Crippen LogP contribution is 2.41. The van der Waals surface area contributed by atoms with Gasteiger partial charge in [0.1, 0.15) is 0 Å². The number of hydrogen-bond acceptors (Lipinski definition) is 1. The predicted octanol–water partition coefficient (Wildman–Crippen LogP) is 16.9. The smallest absolute Gasteiger partial charge is 0.0542 e. The number of fused-ring (bicyclic) bond motifs is 9. The highest BCUT2D eigenvalue weighted by molar-refractivity contribution is 7.25. The van der Waals surface area contributed by atoms with Crippen molar-refractivity contribution in [2.24, 2.45) is 0 Å². The second kappa shape index (κ2) is 14.3. The van der Waals surface area contributed by atoms with E-state index in [0.717, 1.165) is 5.69 Å². The summed E-state index contributed by atoms with van der Waals surface area (Å²) in [7, 11) is 0. The molecule has 0 saturated heterocycles. The van der Waals surface area contributed by atoms with Gasteiger partial charge >= 0.3 is 0 Å².